The van der Waals surface area contributed by atoms with E-state index in [0.29, 0.717) is 11.6 Å². The van der Waals surface area contributed by atoms with Gasteiger partial charge in [0.05, 0.1) is 28.6 Å². The highest BCUT2D eigenvalue weighted by Gasteiger charge is 2.72. The molecule has 0 radical (unpaired) electrons. The van der Waals surface area contributed by atoms with Crippen LogP contribution in [0.4, 0.5) is 0 Å². The second-order valence-electron chi connectivity index (χ2n) is 10.6. The summed E-state index contributed by atoms with van der Waals surface area (Å²) in [6.07, 6.45) is 1.78. The molecule has 176 valence electrons. The number of thiophene rings is 1. The number of piperidine rings is 1. The van der Waals surface area contributed by atoms with Crippen LogP contribution in [0.25, 0.3) is 21.3 Å². The van der Waals surface area contributed by atoms with Gasteiger partial charge in [0.25, 0.3) is 0 Å². The number of benzene rings is 1. The number of ether oxygens (including phenoxy) is 1. The van der Waals surface area contributed by atoms with Crippen molar-refractivity contribution >= 4 is 45.0 Å². The van der Waals surface area contributed by atoms with Gasteiger partial charge in [0.1, 0.15) is 11.4 Å². The summed E-state index contributed by atoms with van der Waals surface area (Å²) in [5.74, 6) is 0.394. The number of imide groups is 1. The molecule has 3 aliphatic rings. The molecule has 6 nitrogen and oxygen atoms in total. The smallest absolute Gasteiger partial charge is 0.234 e. The van der Waals surface area contributed by atoms with Gasteiger partial charge in [-0.3, -0.25) is 19.5 Å². The quantitative estimate of drug-likeness (QED) is 0.514. The number of pyridine rings is 1. The third kappa shape index (κ3) is 3.21. The van der Waals surface area contributed by atoms with Crippen molar-refractivity contribution in [2.75, 3.05) is 13.1 Å². The summed E-state index contributed by atoms with van der Waals surface area (Å²) in [6, 6.07) is 7.82. The number of carbonyl (C=O) groups excluding carboxylic acids is 2. The lowest BCUT2D eigenvalue weighted by atomic mass is 9.97. The van der Waals surface area contributed by atoms with E-state index in [1.165, 1.54) is 4.90 Å². The van der Waals surface area contributed by atoms with Crippen molar-refractivity contribution in [3.05, 3.63) is 45.9 Å². The largest absolute Gasteiger partial charge is 0.484 e. The van der Waals surface area contributed by atoms with Crippen molar-refractivity contribution in [1.29, 1.82) is 0 Å². The molecular formula is C26H26ClN3O3S. The van der Waals surface area contributed by atoms with Gasteiger partial charge in [-0.2, -0.15) is 0 Å². The fourth-order valence-electron chi connectivity index (χ4n) is 5.45. The van der Waals surface area contributed by atoms with Crippen LogP contribution in [0.1, 0.15) is 31.2 Å². The lowest BCUT2D eigenvalue weighted by Crippen LogP contribution is -2.61. The molecule has 4 heterocycles. The van der Waals surface area contributed by atoms with E-state index in [4.69, 9.17) is 16.3 Å². The monoisotopic (exact) mass is 495 g/mol. The van der Waals surface area contributed by atoms with Crippen molar-refractivity contribution in [2.24, 2.45) is 17.3 Å². The molecule has 2 atom stereocenters. The summed E-state index contributed by atoms with van der Waals surface area (Å²) in [6.45, 7) is 9.98. The van der Waals surface area contributed by atoms with Gasteiger partial charge in [-0.25, -0.2) is 0 Å². The molecule has 1 aliphatic carbocycles. The maximum atomic E-state index is 12.8. The van der Waals surface area contributed by atoms with E-state index in [1.54, 1.807) is 17.5 Å². The lowest BCUT2D eigenvalue weighted by Gasteiger charge is -2.40. The highest BCUT2D eigenvalue weighted by molar-refractivity contribution is 7.19. The molecule has 8 heteroatoms. The van der Waals surface area contributed by atoms with Gasteiger partial charge in [-0.15, -0.1) is 11.3 Å². The zero-order chi connectivity index (χ0) is 24.0. The second-order valence-corrected chi connectivity index (χ2v) is 12.2. The van der Waals surface area contributed by atoms with Crippen LogP contribution in [0, 0.1) is 24.2 Å². The van der Waals surface area contributed by atoms with E-state index < -0.39 is 0 Å². The number of hydrogen-bond donors (Lipinski definition) is 1. The molecule has 2 unspecified atom stereocenters. The van der Waals surface area contributed by atoms with Gasteiger partial charge in [0.15, 0.2) is 0 Å². The van der Waals surface area contributed by atoms with Crippen LogP contribution in [-0.4, -0.2) is 40.4 Å². The van der Waals surface area contributed by atoms with Crippen molar-refractivity contribution in [1.82, 2.24) is 15.2 Å². The van der Waals surface area contributed by atoms with E-state index in [1.807, 2.05) is 45.0 Å². The summed E-state index contributed by atoms with van der Waals surface area (Å²) >= 11 is 8.04. The molecule has 2 aliphatic heterocycles. The van der Waals surface area contributed by atoms with Crippen LogP contribution in [0.2, 0.25) is 5.02 Å². The van der Waals surface area contributed by atoms with Crippen molar-refractivity contribution < 1.29 is 14.3 Å². The van der Waals surface area contributed by atoms with E-state index in [9.17, 15) is 9.59 Å². The molecule has 2 saturated heterocycles. The van der Waals surface area contributed by atoms with Crippen LogP contribution < -0.4 is 10.1 Å². The number of aromatic nitrogens is 1. The molecular weight excluding hydrogens is 470 g/mol. The van der Waals surface area contributed by atoms with E-state index in [-0.39, 0.29) is 34.7 Å². The fourth-order valence-corrected chi connectivity index (χ4v) is 6.86. The van der Waals surface area contributed by atoms with Crippen LogP contribution in [0.5, 0.6) is 5.75 Å². The van der Waals surface area contributed by atoms with Crippen LogP contribution >= 0.6 is 22.9 Å². The van der Waals surface area contributed by atoms with Crippen molar-refractivity contribution in [2.45, 2.75) is 39.8 Å². The third-order valence-corrected chi connectivity index (χ3v) is 8.90. The van der Waals surface area contributed by atoms with Crippen molar-refractivity contribution in [3.63, 3.8) is 0 Å². The Morgan fingerprint density at radius 1 is 1.15 bits per heavy atom. The van der Waals surface area contributed by atoms with Gasteiger partial charge < -0.3 is 10.1 Å². The Balaban J connectivity index is 1.38. The normalized spacial score (nSPS) is 24.3. The van der Waals surface area contributed by atoms with Gasteiger partial charge in [-0.05, 0) is 49.1 Å². The summed E-state index contributed by atoms with van der Waals surface area (Å²) < 4.78 is 7.49. The topological polar surface area (TPSA) is 71.5 Å². The average Bonchev–Trinajstić information content (AvgIpc) is 3.01. The number of aryl methyl sites for hydroxylation is 1. The summed E-state index contributed by atoms with van der Waals surface area (Å²) in [4.78, 5) is 32.6. The number of nitrogens with zero attached hydrogens (tertiary/aromatic N) is 2. The van der Waals surface area contributed by atoms with Crippen LogP contribution in [0.3, 0.4) is 0 Å². The molecule has 6 rings (SSSR count). The molecule has 1 N–H and O–H groups in total. The summed E-state index contributed by atoms with van der Waals surface area (Å²) in [5.41, 5.74) is 3.27. The molecule has 2 aromatic heterocycles. The number of nitrogens with one attached hydrogen (secondary N) is 1. The number of amides is 2. The minimum absolute atomic E-state index is 0.0471. The molecule has 34 heavy (non-hydrogen) atoms. The maximum Gasteiger partial charge on any atom is 0.234 e. The maximum absolute atomic E-state index is 12.8. The second kappa shape index (κ2) is 7.26. The first-order valence-electron chi connectivity index (χ1n) is 11.5. The Morgan fingerprint density at radius 3 is 2.50 bits per heavy atom. The van der Waals surface area contributed by atoms with E-state index >= 15 is 0 Å². The Hall–Kier alpha value is -2.48. The lowest BCUT2D eigenvalue weighted by molar-refractivity contribution is -0.143. The Bertz CT molecular complexity index is 1350. The predicted octanol–water partition coefficient (Wildman–Crippen LogP) is 4.81. The minimum atomic E-state index is -0.259. The first-order valence-corrected chi connectivity index (χ1v) is 12.7. The highest BCUT2D eigenvalue weighted by atomic mass is 35.5. The number of carbonyl (C=O) groups is 2. The summed E-state index contributed by atoms with van der Waals surface area (Å²) in [7, 11) is 0. The Labute approximate surface area is 207 Å². The molecule has 3 aromatic rings. The summed E-state index contributed by atoms with van der Waals surface area (Å²) in [5, 5.41) is 3.93. The molecule has 2 amide bonds. The average molecular weight is 496 g/mol. The number of fused-ring (bicyclic) bond motifs is 2. The SMILES string of the molecule is Cc1cc(Cl)cc(-c2ccnc3cc(CN4C(=O)C5C(C4=O)C5(C)C)sc23)c1OC1(C)CNC1. The minimum Gasteiger partial charge on any atom is -0.484 e. The number of rotatable bonds is 5. The van der Waals surface area contributed by atoms with Gasteiger partial charge in [-0.1, -0.05) is 25.4 Å². The standard InChI is InChI=1S/C26H26ClN3O3S/c1-13-7-14(27)8-17(21(13)33-26(4)11-28-12-26)16-5-6-29-18-9-15(34-22(16)18)10-30-23(31)19-20(24(30)32)25(19,2)3/h5-9,19-20,28H,10-12H2,1-4H3. The first-order chi connectivity index (χ1) is 16.1. The van der Waals surface area contributed by atoms with E-state index in [2.05, 4.69) is 17.2 Å². The molecule has 1 saturated carbocycles. The molecule has 3 fully saturated rings. The zero-order valence-corrected chi connectivity index (χ0v) is 21.1. The van der Waals surface area contributed by atoms with E-state index in [0.717, 1.165) is 50.6 Å². The van der Waals surface area contributed by atoms with Gasteiger partial charge in [0.2, 0.25) is 11.8 Å². The number of hydrogen-bond acceptors (Lipinski definition) is 6. The molecule has 0 spiro atoms. The first kappa shape index (κ1) is 22.0. The molecule has 0 bridgehead atoms. The predicted molar refractivity (Wildman–Crippen MR) is 133 cm³/mol. The zero-order valence-electron chi connectivity index (χ0n) is 19.6. The third-order valence-electron chi connectivity index (χ3n) is 7.54. The van der Waals surface area contributed by atoms with Crippen LogP contribution in [-0.2, 0) is 16.1 Å². The van der Waals surface area contributed by atoms with Crippen LogP contribution in [0.15, 0.2) is 30.5 Å². The van der Waals surface area contributed by atoms with Gasteiger partial charge in [0, 0.05) is 40.3 Å². The number of likely N-dealkylation sites (tertiary alicyclic amines) is 1. The number of halogens is 1. The molecule has 1 aromatic carbocycles. The van der Waals surface area contributed by atoms with Crippen molar-refractivity contribution in [3.8, 4) is 16.9 Å². The Morgan fingerprint density at radius 2 is 1.85 bits per heavy atom. The van der Waals surface area contributed by atoms with Gasteiger partial charge >= 0.3 is 0 Å². The highest BCUT2D eigenvalue weighted by Crippen LogP contribution is 2.63. The Kier molecular flexibility index (Phi) is 4.70. The fraction of sp³-hybridized carbons (Fsp3) is 0.423.